The first kappa shape index (κ1) is 18.1. The molecular formula is C26H20N2O2. The van der Waals surface area contributed by atoms with Crippen molar-refractivity contribution in [1.29, 1.82) is 0 Å². The number of rotatable bonds is 2. The van der Waals surface area contributed by atoms with Gasteiger partial charge in [0.05, 0.1) is 22.4 Å². The Bertz CT molecular complexity index is 1330. The van der Waals surface area contributed by atoms with Crippen LogP contribution in [-0.4, -0.2) is 20.2 Å². The van der Waals surface area contributed by atoms with Crippen molar-refractivity contribution >= 4 is 21.8 Å². The van der Waals surface area contributed by atoms with Gasteiger partial charge in [0.2, 0.25) is 0 Å². The predicted molar refractivity (Wildman–Crippen MR) is 121 cm³/mol. The van der Waals surface area contributed by atoms with Gasteiger partial charge in [-0.15, -0.1) is 0 Å². The Balaban J connectivity index is 1.77. The molecule has 0 saturated heterocycles. The van der Waals surface area contributed by atoms with E-state index in [4.69, 9.17) is 9.97 Å². The van der Waals surface area contributed by atoms with Gasteiger partial charge in [0, 0.05) is 21.9 Å². The predicted octanol–water partition coefficient (Wildman–Crippen LogP) is 6.15. The molecule has 0 amide bonds. The average molecular weight is 392 g/mol. The van der Waals surface area contributed by atoms with Crippen LogP contribution in [0.25, 0.3) is 44.3 Å². The van der Waals surface area contributed by atoms with Gasteiger partial charge >= 0.3 is 0 Å². The summed E-state index contributed by atoms with van der Waals surface area (Å²) in [5, 5.41) is 22.6. The van der Waals surface area contributed by atoms with Gasteiger partial charge in [-0.25, -0.2) is 9.97 Å². The number of phenolic OH excluding ortho intramolecular Hbond substituents is 2. The van der Waals surface area contributed by atoms with E-state index in [9.17, 15) is 10.2 Å². The van der Waals surface area contributed by atoms with Gasteiger partial charge in [-0.2, -0.15) is 0 Å². The monoisotopic (exact) mass is 392 g/mol. The van der Waals surface area contributed by atoms with E-state index in [0.29, 0.717) is 22.5 Å². The molecule has 146 valence electrons. The summed E-state index contributed by atoms with van der Waals surface area (Å²) in [6.07, 6.45) is 0. The number of nitrogens with zero attached hydrogens (tertiary/aromatic N) is 2. The second-order valence-electron chi connectivity index (χ2n) is 7.64. The van der Waals surface area contributed by atoms with E-state index in [-0.39, 0.29) is 11.5 Å². The number of aromatic hydroxyl groups is 2. The molecule has 0 fully saturated rings. The fourth-order valence-electron chi connectivity index (χ4n) is 3.78. The lowest BCUT2D eigenvalue weighted by molar-refractivity contribution is 0.476. The van der Waals surface area contributed by atoms with Crippen LogP contribution >= 0.6 is 0 Å². The Morgan fingerprint density at radius 2 is 0.933 bits per heavy atom. The number of pyridine rings is 2. The van der Waals surface area contributed by atoms with Crippen molar-refractivity contribution in [2.45, 2.75) is 13.8 Å². The highest BCUT2D eigenvalue weighted by Crippen LogP contribution is 2.34. The lowest BCUT2D eigenvalue weighted by Crippen LogP contribution is -1.92. The summed E-state index contributed by atoms with van der Waals surface area (Å²) in [4.78, 5) is 9.73. The highest BCUT2D eigenvalue weighted by molar-refractivity contribution is 6.04. The third-order valence-electron chi connectivity index (χ3n) is 5.38. The molecule has 0 radical (unpaired) electrons. The molecule has 30 heavy (non-hydrogen) atoms. The molecule has 0 saturated carbocycles. The van der Waals surface area contributed by atoms with Gasteiger partial charge in [-0.3, -0.25) is 0 Å². The Labute approximate surface area is 174 Å². The first-order valence-corrected chi connectivity index (χ1v) is 9.80. The van der Waals surface area contributed by atoms with E-state index in [1.54, 1.807) is 12.1 Å². The molecule has 0 aliphatic carbocycles. The van der Waals surface area contributed by atoms with Crippen LogP contribution in [0.2, 0.25) is 0 Å². The molecule has 3 aromatic carbocycles. The summed E-state index contributed by atoms with van der Waals surface area (Å²) in [5.74, 6) is 0.400. The van der Waals surface area contributed by atoms with Crippen molar-refractivity contribution < 1.29 is 10.2 Å². The van der Waals surface area contributed by atoms with E-state index in [2.05, 4.69) is 0 Å². The Kier molecular flexibility index (Phi) is 4.14. The summed E-state index contributed by atoms with van der Waals surface area (Å²) in [7, 11) is 0. The van der Waals surface area contributed by atoms with Crippen LogP contribution in [0, 0.1) is 13.8 Å². The maximum atomic E-state index is 10.3. The lowest BCUT2D eigenvalue weighted by atomic mass is 10.0. The number of hydrogen-bond acceptors (Lipinski definition) is 4. The number of benzene rings is 3. The molecule has 5 rings (SSSR count). The summed E-state index contributed by atoms with van der Waals surface area (Å²) < 4.78 is 0. The van der Waals surface area contributed by atoms with Gasteiger partial charge in [0.1, 0.15) is 11.5 Å². The molecule has 2 aromatic heterocycles. The smallest absolute Gasteiger partial charge is 0.124 e. The van der Waals surface area contributed by atoms with Gasteiger partial charge in [-0.1, -0.05) is 47.5 Å². The van der Waals surface area contributed by atoms with Crippen LogP contribution in [0.5, 0.6) is 11.5 Å². The van der Waals surface area contributed by atoms with Gasteiger partial charge in [0.15, 0.2) is 0 Å². The normalized spacial score (nSPS) is 11.3. The minimum absolute atomic E-state index is 0.200. The molecule has 0 unspecified atom stereocenters. The molecule has 0 aliphatic heterocycles. The lowest BCUT2D eigenvalue weighted by Gasteiger charge is -2.10. The van der Waals surface area contributed by atoms with Gasteiger partial charge in [-0.05, 0) is 50.2 Å². The first-order chi connectivity index (χ1) is 14.5. The summed E-state index contributed by atoms with van der Waals surface area (Å²) >= 11 is 0. The van der Waals surface area contributed by atoms with E-state index in [0.717, 1.165) is 32.9 Å². The van der Waals surface area contributed by atoms with Crippen LogP contribution in [-0.2, 0) is 0 Å². The van der Waals surface area contributed by atoms with E-state index < -0.39 is 0 Å². The van der Waals surface area contributed by atoms with Crippen LogP contribution in [0.3, 0.4) is 0 Å². The van der Waals surface area contributed by atoms with Crippen LogP contribution in [0.15, 0.2) is 72.8 Å². The topological polar surface area (TPSA) is 66.2 Å². The average Bonchev–Trinajstić information content (AvgIpc) is 2.76. The van der Waals surface area contributed by atoms with Crippen LogP contribution < -0.4 is 0 Å². The fourth-order valence-corrected chi connectivity index (χ4v) is 3.78. The Hall–Kier alpha value is -3.92. The SMILES string of the molecule is Cc1ccc(O)c(-c2ccc3ccc4ccc(-c5cc(C)ccc5O)nc4c3n2)c1. The molecule has 2 N–H and O–H groups in total. The van der Waals surface area contributed by atoms with E-state index in [1.165, 1.54) is 0 Å². The molecular weight excluding hydrogens is 372 g/mol. The first-order valence-electron chi connectivity index (χ1n) is 9.80. The highest BCUT2D eigenvalue weighted by Gasteiger charge is 2.12. The van der Waals surface area contributed by atoms with Gasteiger partial charge in [0.25, 0.3) is 0 Å². The molecule has 2 heterocycles. The molecule has 0 aliphatic rings. The zero-order valence-electron chi connectivity index (χ0n) is 16.7. The molecule has 0 spiro atoms. The molecule has 0 atom stereocenters. The minimum Gasteiger partial charge on any atom is -0.507 e. The van der Waals surface area contributed by atoms with Crippen molar-refractivity contribution in [3.8, 4) is 34.0 Å². The Morgan fingerprint density at radius 1 is 0.533 bits per heavy atom. The maximum Gasteiger partial charge on any atom is 0.124 e. The molecule has 4 nitrogen and oxygen atoms in total. The van der Waals surface area contributed by atoms with Crippen molar-refractivity contribution in [2.24, 2.45) is 0 Å². The van der Waals surface area contributed by atoms with Crippen LogP contribution in [0.4, 0.5) is 0 Å². The zero-order valence-corrected chi connectivity index (χ0v) is 16.7. The van der Waals surface area contributed by atoms with Gasteiger partial charge < -0.3 is 10.2 Å². The second-order valence-corrected chi connectivity index (χ2v) is 7.64. The highest BCUT2D eigenvalue weighted by atomic mass is 16.3. The standard InChI is InChI=1S/C26H20N2O2/c1-15-3-11-23(29)19(13-15)21-9-7-17-5-6-18-8-10-22(28-26(18)25(17)27-21)20-14-16(2)4-12-24(20)30/h3-14,29-30H,1-2H3. The summed E-state index contributed by atoms with van der Waals surface area (Å²) in [5.41, 5.74) is 6.42. The number of fused-ring (bicyclic) bond motifs is 3. The summed E-state index contributed by atoms with van der Waals surface area (Å²) in [6.45, 7) is 3.98. The zero-order chi connectivity index (χ0) is 20.8. The largest absolute Gasteiger partial charge is 0.507 e. The minimum atomic E-state index is 0.200. The number of hydrogen-bond donors (Lipinski definition) is 2. The number of aromatic nitrogens is 2. The van der Waals surface area contributed by atoms with Crippen molar-refractivity contribution in [3.63, 3.8) is 0 Å². The quantitative estimate of drug-likeness (QED) is 0.354. The third kappa shape index (κ3) is 3.03. The summed E-state index contributed by atoms with van der Waals surface area (Å²) in [6, 6.07) is 22.9. The van der Waals surface area contributed by atoms with Crippen molar-refractivity contribution in [1.82, 2.24) is 9.97 Å². The van der Waals surface area contributed by atoms with Crippen molar-refractivity contribution in [3.05, 3.63) is 83.9 Å². The fraction of sp³-hybridized carbons (Fsp3) is 0.0769. The molecule has 5 aromatic rings. The molecule has 4 heteroatoms. The number of aryl methyl sites for hydroxylation is 2. The van der Waals surface area contributed by atoms with Crippen LogP contribution in [0.1, 0.15) is 11.1 Å². The number of phenols is 2. The maximum absolute atomic E-state index is 10.3. The molecule has 0 bridgehead atoms. The second kappa shape index (κ2) is 6.85. The third-order valence-corrected chi connectivity index (χ3v) is 5.38. The van der Waals surface area contributed by atoms with E-state index in [1.807, 2.05) is 74.5 Å². The van der Waals surface area contributed by atoms with E-state index >= 15 is 0 Å². The Morgan fingerprint density at radius 3 is 1.37 bits per heavy atom. The van der Waals surface area contributed by atoms with Crippen molar-refractivity contribution in [2.75, 3.05) is 0 Å².